The van der Waals surface area contributed by atoms with Crippen molar-refractivity contribution in [3.63, 3.8) is 0 Å². The van der Waals surface area contributed by atoms with Gasteiger partial charge >= 0.3 is 0 Å². The lowest BCUT2D eigenvalue weighted by atomic mass is 10.0. The molecule has 6 nitrogen and oxygen atoms in total. The molecule has 8 heteroatoms. The minimum atomic E-state index is -3.35. The lowest BCUT2D eigenvalue weighted by Gasteiger charge is -2.09. The molecule has 0 fully saturated rings. The number of hydrogen-bond donors (Lipinski definition) is 3. The van der Waals surface area contributed by atoms with Gasteiger partial charge < -0.3 is 11.5 Å². The van der Waals surface area contributed by atoms with Gasteiger partial charge in [-0.15, -0.1) is 11.3 Å². The first-order chi connectivity index (χ1) is 13.3. The normalized spacial score (nSPS) is 11.6. The maximum Gasteiger partial charge on any atom is 0.229 e. The number of nitrogen functional groups attached to an aromatic ring is 2. The van der Waals surface area contributed by atoms with Gasteiger partial charge in [-0.2, -0.15) is 0 Å². The molecule has 0 radical (unpaired) electrons. The zero-order chi connectivity index (χ0) is 19.9. The Kier molecular flexibility index (Phi) is 4.44. The van der Waals surface area contributed by atoms with Gasteiger partial charge in [0.25, 0.3) is 0 Å². The predicted molar refractivity (Wildman–Crippen MR) is 118 cm³/mol. The number of sulfonamides is 1. The molecule has 0 bridgehead atoms. The van der Waals surface area contributed by atoms with Crippen LogP contribution in [-0.2, 0) is 10.0 Å². The van der Waals surface area contributed by atoms with Gasteiger partial charge in [-0.05, 0) is 40.8 Å². The van der Waals surface area contributed by atoms with Crippen molar-refractivity contribution in [2.45, 2.75) is 0 Å². The summed E-state index contributed by atoms with van der Waals surface area (Å²) in [6.45, 7) is 0. The van der Waals surface area contributed by atoms with Gasteiger partial charge in [0.05, 0.1) is 6.26 Å². The Bertz CT molecular complexity index is 1280. The number of fused-ring (bicyclic) bond motifs is 1. The molecule has 0 atom stereocenters. The molecular weight excluding hydrogens is 392 g/mol. The van der Waals surface area contributed by atoms with Crippen molar-refractivity contribution in [2.24, 2.45) is 0 Å². The number of pyridine rings is 1. The molecule has 2 aromatic carbocycles. The van der Waals surface area contributed by atoms with Gasteiger partial charge in [0.2, 0.25) is 10.0 Å². The van der Waals surface area contributed by atoms with Crippen LogP contribution in [0.4, 0.5) is 17.2 Å². The Morgan fingerprint density at radius 3 is 2.46 bits per heavy atom. The van der Waals surface area contributed by atoms with E-state index in [2.05, 4.69) is 15.1 Å². The Balaban J connectivity index is 1.87. The highest BCUT2D eigenvalue weighted by molar-refractivity contribution is 7.92. The number of nitrogens with zero attached hydrogens (tertiary/aromatic N) is 1. The first-order valence-electron chi connectivity index (χ1n) is 8.41. The number of nitrogens with one attached hydrogen (secondary N) is 1. The summed E-state index contributed by atoms with van der Waals surface area (Å²) in [6.07, 6.45) is 2.85. The van der Waals surface area contributed by atoms with Crippen LogP contribution in [0.2, 0.25) is 0 Å². The van der Waals surface area contributed by atoms with Gasteiger partial charge in [0, 0.05) is 38.8 Å². The Hall–Kier alpha value is -3.10. The van der Waals surface area contributed by atoms with Gasteiger partial charge in [0.1, 0.15) is 5.82 Å². The number of rotatable bonds is 4. The summed E-state index contributed by atoms with van der Waals surface area (Å²) < 4.78 is 26.6. The predicted octanol–water partition coefficient (Wildman–Crippen LogP) is 4.17. The highest BCUT2D eigenvalue weighted by Crippen LogP contribution is 2.42. The topological polar surface area (TPSA) is 111 Å². The third kappa shape index (κ3) is 3.51. The van der Waals surface area contributed by atoms with Crippen molar-refractivity contribution in [1.29, 1.82) is 0 Å². The third-order valence-corrected chi connectivity index (χ3v) is 5.94. The molecule has 0 saturated carbocycles. The van der Waals surface area contributed by atoms with Crippen LogP contribution in [0.3, 0.4) is 0 Å². The maximum atomic E-state index is 11.5. The van der Waals surface area contributed by atoms with E-state index in [1.165, 1.54) is 0 Å². The Labute approximate surface area is 166 Å². The second-order valence-electron chi connectivity index (χ2n) is 6.49. The largest absolute Gasteiger partial charge is 0.399 e. The summed E-state index contributed by atoms with van der Waals surface area (Å²) in [5.74, 6) is 0.456. The van der Waals surface area contributed by atoms with Crippen molar-refractivity contribution in [3.05, 3.63) is 60.1 Å². The zero-order valence-corrected chi connectivity index (χ0v) is 16.6. The lowest BCUT2D eigenvalue weighted by Crippen LogP contribution is -2.09. The molecule has 0 saturated heterocycles. The van der Waals surface area contributed by atoms with Crippen molar-refractivity contribution >= 4 is 48.6 Å². The highest BCUT2D eigenvalue weighted by atomic mass is 32.2. The number of thiophene rings is 1. The van der Waals surface area contributed by atoms with Crippen molar-refractivity contribution in [1.82, 2.24) is 4.98 Å². The fourth-order valence-electron chi connectivity index (χ4n) is 3.11. The number of nitrogens with two attached hydrogens (primary N) is 2. The van der Waals surface area contributed by atoms with Crippen LogP contribution in [0, 0.1) is 0 Å². The van der Waals surface area contributed by atoms with E-state index in [0.29, 0.717) is 17.2 Å². The maximum absolute atomic E-state index is 11.5. The summed E-state index contributed by atoms with van der Waals surface area (Å²) in [7, 11) is -3.35. The number of aromatic nitrogens is 1. The van der Waals surface area contributed by atoms with E-state index < -0.39 is 10.0 Å². The van der Waals surface area contributed by atoms with Gasteiger partial charge in [0.15, 0.2) is 0 Å². The monoisotopic (exact) mass is 410 g/mol. The molecule has 5 N–H and O–H groups in total. The molecule has 0 aliphatic rings. The van der Waals surface area contributed by atoms with E-state index >= 15 is 0 Å². The number of anilines is 3. The second kappa shape index (κ2) is 6.81. The molecule has 0 spiro atoms. The van der Waals surface area contributed by atoms with Crippen LogP contribution in [0.1, 0.15) is 0 Å². The average molecular weight is 411 g/mol. The van der Waals surface area contributed by atoms with E-state index in [4.69, 9.17) is 11.5 Å². The minimum absolute atomic E-state index is 0.456. The van der Waals surface area contributed by atoms with Crippen LogP contribution >= 0.6 is 11.3 Å². The quantitative estimate of drug-likeness (QED) is 0.437. The molecule has 2 heterocycles. The molecular formula is C20H18N4O2S2. The zero-order valence-electron chi connectivity index (χ0n) is 15.0. The van der Waals surface area contributed by atoms with Gasteiger partial charge in [-0.3, -0.25) is 4.72 Å². The van der Waals surface area contributed by atoms with Crippen LogP contribution in [-0.4, -0.2) is 19.7 Å². The van der Waals surface area contributed by atoms with Crippen molar-refractivity contribution < 1.29 is 8.42 Å². The molecule has 4 aromatic rings. The van der Waals surface area contributed by atoms with E-state index in [-0.39, 0.29) is 0 Å². The van der Waals surface area contributed by atoms with Gasteiger partial charge in [-0.25, -0.2) is 13.4 Å². The molecule has 2 aromatic heterocycles. The first-order valence-corrected chi connectivity index (χ1v) is 11.2. The summed E-state index contributed by atoms with van der Waals surface area (Å²) in [5.41, 5.74) is 17.0. The molecule has 0 aliphatic carbocycles. The summed E-state index contributed by atoms with van der Waals surface area (Å²) in [6, 6.07) is 14.8. The van der Waals surface area contributed by atoms with E-state index in [1.54, 1.807) is 35.7 Å². The fraction of sp³-hybridized carbons (Fsp3) is 0.0500. The number of hydrogen-bond acceptors (Lipinski definition) is 6. The van der Waals surface area contributed by atoms with Crippen LogP contribution in [0.25, 0.3) is 32.3 Å². The van der Waals surface area contributed by atoms with Gasteiger partial charge in [-0.1, -0.05) is 24.3 Å². The van der Waals surface area contributed by atoms with Crippen LogP contribution < -0.4 is 16.2 Å². The lowest BCUT2D eigenvalue weighted by molar-refractivity contribution is 0.607. The van der Waals surface area contributed by atoms with Crippen LogP contribution in [0.5, 0.6) is 0 Å². The SMILES string of the molecule is CS(=O)(=O)Nc1cccc(-c2cnc(N)c3c(-c4ccc(N)cc4)csc23)c1. The van der Waals surface area contributed by atoms with Crippen LogP contribution in [0.15, 0.2) is 60.1 Å². The molecule has 4 rings (SSSR count). The fourth-order valence-corrected chi connectivity index (χ4v) is 4.79. The standard InChI is InChI=1S/C20H18N4O2S2/c1-28(25,26)24-15-4-2-3-13(9-15)16-10-23-20(22)18-17(11-27-19(16)18)12-5-7-14(21)8-6-12/h2-11,24H,21H2,1H3,(H2,22,23). The smallest absolute Gasteiger partial charge is 0.229 e. The van der Waals surface area contributed by atoms with Crippen molar-refractivity contribution in [3.8, 4) is 22.3 Å². The third-order valence-electron chi connectivity index (χ3n) is 4.32. The molecule has 142 valence electrons. The molecule has 0 aliphatic heterocycles. The molecule has 28 heavy (non-hydrogen) atoms. The van der Waals surface area contributed by atoms with E-state index in [9.17, 15) is 8.42 Å². The minimum Gasteiger partial charge on any atom is -0.399 e. The average Bonchev–Trinajstić information content (AvgIpc) is 3.07. The second-order valence-corrected chi connectivity index (χ2v) is 9.12. The van der Waals surface area contributed by atoms with E-state index in [0.717, 1.165) is 38.6 Å². The summed E-state index contributed by atoms with van der Waals surface area (Å²) in [5, 5.41) is 2.94. The molecule has 0 amide bonds. The Morgan fingerprint density at radius 2 is 1.75 bits per heavy atom. The summed E-state index contributed by atoms with van der Waals surface area (Å²) >= 11 is 1.58. The van der Waals surface area contributed by atoms with Crippen molar-refractivity contribution in [2.75, 3.05) is 22.4 Å². The summed E-state index contributed by atoms with van der Waals surface area (Å²) in [4.78, 5) is 4.38. The van der Waals surface area contributed by atoms with E-state index in [1.807, 2.05) is 30.3 Å². The Morgan fingerprint density at radius 1 is 1.00 bits per heavy atom. The molecule has 0 unspecified atom stereocenters. The first kappa shape index (κ1) is 18.3. The number of benzene rings is 2. The highest BCUT2D eigenvalue weighted by Gasteiger charge is 2.15.